The highest BCUT2D eigenvalue weighted by Gasteiger charge is 2.34. The van der Waals surface area contributed by atoms with Crippen molar-refractivity contribution in [2.45, 2.75) is 38.1 Å². The summed E-state index contributed by atoms with van der Waals surface area (Å²) in [6, 6.07) is 5.71. The van der Waals surface area contributed by atoms with E-state index in [-0.39, 0.29) is 11.4 Å². The third-order valence-electron chi connectivity index (χ3n) is 3.76. The van der Waals surface area contributed by atoms with E-state index < -0.39 is 0 Å². The highest BCUT2D eigenvalue weighted by Crippen LogP contribution is 2.29. The molecular formula is C14H19BrN2O. The predicted octanol–water partition coefficient (Wildman–Crippen LogP) is 2.76. The largest absolute Gasteiger partial charge is 0.345 e. The number of nitrogens with two attached hydrogens (primary N) is 1. The van der Waals surface area contributed by atoms with E-state index in [2.05, 4.69) is 21.2 Å². The number of carbonyl (C=O) groups excluding carboxylic acids is 1. The van der Waals surface area contributed by atoms with Crippen LogP contribution in [0.5, 0.6) is 0 Å². The van der Waals surface area contributed by atoms with Gasteiger partial charge in [0.1, 0.15) is 0 Å². The maximum atomic E-state index is 12.3. The van der Waals surface area contributed by atoms with Gasteiger partial charge >= 0.3 is 0 Å². The van der Waals surface area contributed by atoms with E-state index >= 15 is 0 Å². The fourth-order valence-corrected chi connectivity index (χ4v) is 3.10. The van der Waals surface area contributed by atoms with Gasteiger partial charge < -0.3 is 11.1 Å². The second-order valence-corrected chi connectivity index (χ2v) is 6.02. The molecule has 0 bridgehead atoms. The van der Waals surface area contributed by atoms with Crippen LogP contribution in [-0.4, -0.2) is 18.0 Å². The van der Waals surface area contributed by atoms with Crippen molar-refractivity contribution in [3.05, 3.63) is 33.8 Å². The van der Waals surface area contributed by atoms with Crippen LogP contribution in [0.3, 0.4) is 0 Å². The summed E-state index contributed by atoms with van der Waals surface area (Å²) >= 11 is 3.41. The van der Waals surface area contributed by atoms with Gasteiger partial charge in [-0.2, -0.15) is 0 Å². The summed E-state index contributed by atoms with van der Waals surface area (Å²) in [5, 5.41) is 3.14. The van der Waals surface area contributed by atoms with Gasteiger partial charge in [-0.15, -0.1) is 0 Å². The average molecular weight is 311 g/mol. The van der Waals surface area contributed by atoms with Crippen molar-refractivity contribution in [2.75, 3.05) is 6.54 Å². The molecule has 3 nitrogen and oxygen atoms in total. The molecule has 0 radical (unpaired) electrons. The molecule has 1 fully saturated rings. The van der Waals surface area contributed by atoms with Gasteiger partial charge in [0.05, 0.1) is 5.54 Å². The molecule has 1 amide bonds. The summed E-state index contributed by atoms with van der Waals surface area (Å²) in [7, 11) is 0. The Morgan fingerprint density at radius 3 is 2.67 bits per heavy atom. The topological polar surface area (TPSA) is 55.1 Å². The fourth-order valence-electron chi connectivity index (χ4n) is 2.62. The van der Waals surface area contributed by atoms with Crippen molar-refractivity contribution < 1.29 is 4.79 Å². The standard InChI is InChI=1S/C14H19BrN2O/c1-10-8-11(15)4-5-12(10)13(18)17-14(9-16)6-2-3-7-14/h4-5,8H,2-3,6-7,9,16H2,1H3,(H,17,18). The summed E-state index contributed by atoms with van der Waals surface area (Å²) in [6.45, 7) is 2.47. The molecule has 1 aromatic rings. The van der Waals surface area contributed by atoms with Crippen molar-refractivity contribution in [2.24, 2.45) is 5.73 Å². The third-order valence-corrected chi connectivity index (χ3v) is 4.26. The van der Waals surface area contributed by atoms with Crippen LogP contribution in [0.2, 0.25) is 0 Å². The SMILES string of the molecule is Cc1cc(Br)ccc1C(=O)NC1(CN)CCCC1. The van der Waals surface area contributed by atoms with Crippen molar-refractivity contribution in [3.8, 4) is 0 Å². The van der Waals surface area contributed by atoms with Crippen LogP contribution in [0, 0.1) is 6.92 Å². The van der Waals surface area contributed by atoms with E-state index in [0.717, 1.165) is 41.3 Å². The second-order valence-electron chi connectivity index (χ2n) is 5.10. The molecule has 3 N–H and O–H groups in total. The van der Waals surface area contributed by atoms with Gasteiger partial charge in [-0.25, -0.2) is 0 Å². The number of hydrogen-bond acceptors (Lipinski definition) is 2. The highest BCUT2D eigenvalue weighted by atomic mass is 79.9. The Kier molecular flexibility index (Phi) is 4.07. The Hall–Kier alpha value is -0.870. The zero-order valence-electron chi connectivity index (χ0n) is 10.6. The van der Waals surface area contributed by atoms with Gasteiger partial charge in [-0.05, 0) is 43.5 Å². The van der Waals surface area contributed by atoms with Crippen molar-refractivity contribution in [3.63, 3.8) is 0 Å². The Balaban J connectivity index is 2.16. The number of amides is 1. The molecule has 0 atom stereocenters. The molecule has 0 saturated heterocycles. The molecule has 2 rings (SSSR count). The molecule has 1 aliphatic rings. The monoisotopic (exact) mass is 310 g/mol. The average Bonchev–Trinajstić information content (AvgIpc) is 2.78. The predicted molar refractivity (Wildman–Crippen MR) is 76.6 cm³/mol. The number of carbonyl (C=O) groups is 1. The molecule has 1 aliphatic carbocycles. The van der Waals surface area contributed by atoms with E-state index in [1.54, 1.807) is 0 Å². The van der Waals surface area contributed by atoms with E-state index in [1.165, 1.54) is 0 Å². The number of benzene rings is 1. The lowest BCUT2D eigenvalue weighted by molar-refractivity contribution is 0.0902. The van der Waals surface area contributed by atoms with Crippen LogP contribution in [0.25, 0.3) is 0 Å². The molecular weight excluding hydrogens is 292 g/mol. The van der Waals surface area contributed by atoms with Crippen LogP contribution < -0.4 is 11.1 Å². The van der Waals surface area contributed by atoms with Crippen LogP contribution in [0.1, 0.15) is 41.6 Å². The minimum atomic E-state index is -0.184. The first-order chi connectivity index (χ1) is 8.56. The van der Waals surface area contributed by atoms with Gasteiger partial charge in [0, 0.05) is 16.6 Å². The number of aryl methyl sites for hydroxylation is 1. The van der Waals surface area contributed by atoms with Crippen molar-refractivity contribution >= 4 is 21.8 Å². The Labute approximate surface area is 116 Å². The molecule has 0 heterocycles. The normalized spacial score (nSPS) is 17.7. The summed E-state index contributed by atoms with van der Waals surface area (Å²) in [5.74, 6) is -0.00708. The number of rotatable bonds is 3. The quantitative estimate of drug-likeness (QED) is 0.902. The molecule has 0 aromatic heterocycles. The molecule has 98 valence electrons. The van der Waals surface area contributed by atoms with E-state index in [0.29, 0.717) is 6.54 Å². The van der Waals surface area contributed by atoms with E-state index in [1.807, 2.05) is 25.1 Å². The number of hydrogen-bond donors (Lipinski definition) is 2. The lowest BCUT2D eigenvalue weighted by atomic mass is 9.96. The molecule has 0 aliphatic heterocycles. The number of nitrogens with one attached hydrogen (secondary N) is 1. The molecule has 0 unspecified atom stereocenters. The van der Waals surface area contributed by atoms with Crippen LogP contribution in [0.15, 0.2) is 22.7 Å². The van der Waals surface area contributed by atoms with Crippen molar-refractivity contribution in [1.29, 1.82) is 0 Å². The smallest absolute Gasteiger partial charge is 0.252 e. The zero-order valence-corrected chi connectivity index (χ0v) is 12.2. The Morgan fingerprint density at radius 2 is 2.11 bits per heavy atom. The maximum Gasteiger partial charge on any atom is 0.252 e. The van der Waals surface area contributed by atoms with Gasteiger partial charge in [0.15, 0.2) is 0 Å². The number of halogens is 1. The zero-order chi connectivity index (χ0) is 13.2. The summed E-state index contributed by atoms with van der Waals surface area (Å²) in [5.41, 5.74) is 7.36. The summed E-state index contributed by atoms with van der Waals surface area (Å²) in [6.07, 6.45) is 4.28. The van der Waals surface area contributed by atoms with Crippen molar-refractivity contribution in [1.82, 2.24) is 5.32 Å². The molecule has 4 heteroatoms. The van der Waals surface area contributed by atoms with Gasteiger partial charge in [0.25, 0.3) is 5.91 Å². The van der Waals surface area contributed by atoms with Gasteiger partial charge in [0.2, 0.25) is 0 Å². The van der Waals surface area contributed by atoms with Gasteiger partial charge in [-0.3, -0.25) is 4.79 Å². The van der Waals surface area contributed by atoms with Gasteiger partial charge in [-0.1, -0.05) is 28.8 Å². The first-order valence-corrected chi connectivity index (χ1v) is 7.14. The van der Waals surface area contributed by atoms with Crippen LogP contribution >= 0.6 is 15.9 Å². The van der Waals surface area contributed by atoms with E-state index in [9.17, 15) is 4.79 Å². The van der Waals surface area contributed by atoms with Crippen LogP contribution in [-0.2, 0) is 0 Å². The van der Waals surface area contributed by atoms with Crippen LogP contribution in [0.4, 0.5) is 0 Å². The Morgan fingerprint density at radius 1 is 1.44 bits per heavy atom. The molecule has 1 aromatic carbocycles. The fraction of sp³-hybridized carbons (Fsp3) is 0.500. The molecule has 1 saturated carbocycles. The first-order valence-electron chi connectivity index (χ1n) is 6.35. The lowest BCUT2D eigenvalue weighted by Crippen LogP contribution is -2.51. The Bertz CT molecular complexity index is 453. The summed E-state index contributed by atoms with van der Waals surface area (Å²) in [4.78, 5) is 12.3. The third kappa shape index (κ3) is 2.75. The minimum Gasteiger partial charge on any atom is -0.345 e. The van der Waals surface area contributed by atoms with E-state index in [4.69, 9.17) is 5.73 Å². The summed E-state index contributed by atoms with van der Waals surface area (Å²) < 4.78 is 0.992. The molecule has 18 heavy (non-hydrogen) atoms. The second kappa shape index (κ2) is 5.41. The lowest BCUT2D eigenvalue weighted by Gasteiger charge is -2.29. The first kappa shape index (κ1) is 13.6. The highest BCUT2D eigenvalue weighted by molar-refractivity contribution is 9.10. The molecule has 0 spiro atoms. The maximum absolute atomic E-state index is 12.3. The minimum absolute atomic E-state index is 0.00708.